The zero-order valence-corrected chi connectivity index (χ0v) is 23.4. The molecule has 0 rings (SSSR count). The number of unbranched alkanes of at least 4 members (excludes halogenated alkanes) is 8. The first kappa shape index (κ1) is 34.1. The highest BCUT2D eigenvalue weighted by Crippen LogP contribution is 2.24. The lowest BCUT2D eigenvalue weighted by Gasteiger charge is -2.43. The molecule has 0 fully saturated rings. The molecule has 3 unspecified atom stereocenters. The number of hydrogen-bond acceptors (Lipinski definition) is 3. The van der Waals surface area contributed by atoms with Crippen molar-refractivity contribution in [3.05, 3.63) is 12.2 Å². The van der Waals surface area contributed by atoms with E-state index in [2.05, 4.69) is 19.1 Å². The van der Waals surface area contributed by atoms with Crippen LogP contribution in [0.3, 0.4) is 0 Å². The first-order valence-electron chi connectivity index (χ1n) is 14.3. The quantitative estimate of drug-likeness (QED) is 0.0762. The maximum atomic E-state index is 11.9. The third-order valence-electron chi connectivity index (χ3n) is 7.51. The topological polar surface area (TPSA) is 112 Å². The Balaban J connectivity index is 5.34. The number of hydrogen-bond donors (Lipinski definition) is 3. The summed E-state index contributed by atoms with van der Waals surface area (Å²) in [5, 5.41) is 29.3. The van der Waals surface area contributed by atoms with Gasteiger partial charge in [0.2, 0.25) is 0 Å². The lowest BCUT2D eigenvalue weighted by molar-refractivity contribution is -0.934. The molecule has 0 amide bonds. The van der Waals surface area contributed by atoms with Crippen molar-refractivity contribution in [1.29, 1.82) is 0 Å². The van der Waals surface area contributed by atoms with E-state index in [4.69, 9.17) is 0 Å². The largest absolute Gasteiger partial charge is 0.481 e. The fourth-order valence-corrected chi connectivity index (χ4v) is 5.03. The fourth-order valence-electron chi connectivity index (χ4n) is 5.03. The Morgan fingerprint density at radius 3 is 1.31 bits per heavy atom. The number of aliphatic carboxylic acids is 3. The van der Waals surface area contributed by atoms with E-state index in [0.29, 0.717) is 32.2 Å². The van der Waals surface area contributed by atoms with E-state index in [1.165, 1.54) is 44.9 Å². The maximum Gasteiger partial charge on any atom is 0.312 e. The SMILES string of the molecule is CCCCCCCCCC/C=C/CC[N+](CC(CC)C(=O)O)(CC(CC)C(=O)O)CC(CC)C(=O)O. The molecule has 0 heterocycles. The van der Waals surface area contributed by atoms with Gasteiger partial charge in [-0.3, -0.25) is 14.4 Å². The van der Waals surface area contributed by atoms with Gasteiger partial charge in [-0.25, -0.2) is 0 Å². The molecule has 0 spiro atoms. The molecule has 0 aromatic heterocycles. The first-order chi connectivity index (χ1) is 17.2. The molecule has 0 bridgehead atoms. The van der Waals surface area contributed by atoms with Crippen LogP contribution in [0.2, 0.25) is 0 Å². The molecule has 210 valence electrons. The van der Waals surface area contributed by atoms with E-state index in [1.807, 2.05) is 20.8 Å². The highest BCUT2D eigenvalue weighted by molar-refractivity contribution is 5.71. The molecule has 0 saturated heterocycles. The van der Waals surface area contributed by atoms with Crippen LogP contribution in [-0.4, -0.2) is 63.9 Å². The smallest absolute Gasteiger partial charge is 0.312 e. The molecule has 0 aromatic rings. The van der Waals surface area contributed by atoms with Crippen molar-refractivity contribution in [2.24, 2.45) is 17.8 Å². The summed E-state index contributed by atoms with van der Waals surface area (Å²) in [5.74, 6) is -4.62. The van der Waals surface area contributed by atoms with Crippen LogP contribution >= 0.6 is 0 Å². The summed E-state index contributed by atoms with van der Waals surface area (Å²) in [6.45, 7) is 9.00. The van der Waals surface area contributed by atoms with Crippen molar-refractivity contribution in [3.63, 3.8) is 0 Å². The van der Waals surface area contributed by atoms with E-state index < -0.39 is 35.7 Å². The van der Waals surface area contributed by atoms with Crippen molar-refractivity contribution >= 4 is 17.9 Å². The number of quaternary nitrogens is 1. The summed E-state index contributed by atoms with van der Waals surface area (Å²) in [6, 6.07) is 0. The highest BCUT2D eigenvalue weighted by atomic mass is 16.4. The Morgan fingerprint density at radius 1 is 0.583 bits per heavy atom. The van der Waals surface area contributed by atoms with Gasteiger partial charge in [0.05, 0.1) is 26.2 Å². The number of carboxylic acids is 3. The van der Waals surface area contributed by atoms with Gasteiger partial charge in [0.15, 0.2) is 0 Å². The third kappa shape index (κ3) is 14.6. The summed E-state index contributed by atoms with van der Waals surface area (Å²) in [7, 11) is 0. The van der Waals surface area contributed by atoms with Gasteiger partial charge in [-0.2, -0.15) is 0 Å². The number of carbonyl (C=O) groups is 3. The molecule has 3 atom stereocenters. The summed E-state index contributed by atoms with van der Waals surface area (Å²) < 4.78 is 0.211. The van der Waals surface area contributed by atoms with Crippen molar-refractivity contribution in [3.8, 4) is 0 Å². The number of rotatable bonds is 24. The average molecular weight is 513 g/mol. The number of allylic oxidation sites excluding steroid dienone is 1. The van der Waals surface area contributed by atoms with Crippen LogP contribution in [0.5, 0.6) is 0 Å². The molecule has 0 saturated carbocycles. The molecule has 0 aliphatic heterocycles. The van der Waals surface area contributed by atoms with Gasteiger partial charge in [-0.15, -0.1) is 0 Å². The number of carboxylic acid groups (broad SMARTS) is 3. The van der Waals surface area contributed by atoms with Crippen LogP contribution < -0.4 is 0 Å². The summed E-state index contributed by atoms with van der Waals surface area (Å²) >= 11 is 0. The van der Waals surface area contributed by atoms with Crippen LogP contribution in [0.15, 0.2) is 12.2 Å². The molecule has 0 aliphatic carbocycles. The molecular weight excluding hydrogens is 458 g/mol. The van der Waals surface area contributed by atoms with E-state index >= 15 is 0 Å². The van der Waals surface area contributed by atoms with E-state index in [1.54, 1.807) is 0 Å². The van der Waals surface area contributed by atoms with Gasteiger partial charge in [0.25, 0.3) is 0 Å². The van der Waals surface area contributed by atoms with Crippen LogP contribution in [-0.2, 0) is 14.4 Å². The Kier molecular flexibility index (Phi) is 19.1. The predicted molar refractivity (Wildman–Crippen MR) is 145 cm³/mol. The number of nitrogens with zero attached hydrogens (tertiary/aromatic N) is 1. The van der Waals surface area contributed by atoms with E-state index in [0.717, 1.165) is 12.8 Å². The zero-order chi connectivity index (χ0) is 27.4. The summed E-state index contributed by atoms with van der Waals surface area (Å²) in [5.41, 5.74) is 0. The van der Waals surface area contributed by atoms with Gasteiger partial charge < -0.3 is 19.8 Å². The predicted octanol–water partition coefficient (Wildman–Crippen LogP) is 6.61. The molecular formula is C29H54NO6+. The van der Waals surface area contributed by atoms with Crippen LogP contribution in [0.25, 0.3) is 0 Å². The standard InChI is InChI=1S/C29H53NO6/c1-5-9-10-11-12-13-14-15-16-17-18-19-20-30(21-24(6-2)27(31)32,22-25(7-3)28(33)34)23-26(8-4)29(35)36/h17-18,24-26H,5-16,19-23H2,1-4H3,(H2-,31,32,33,34,35,36)/p+1/b18-17+. The van der Waals surface area contributed by atoms with Gasteiger partial charge >= 0.3 is 17.9 Å². The van der Waals surface area contributed by atoms with Gasteiger partial charge in [0.1, 0.15) is 17.8 Å². The summed E-state index contributed by atoms with van der Waals surface area (Å²) in [6.07, 6.45) is 17.4. The molecule has 3 N–H and O–H groups in total. The highest BCUT2D eigenvalue weighted by Gasteiger charge is 2.40. The monoisotopic (exact) mass is 512 g/mol. The maximum absolute atomic E-state index is 11.9. The lowest BCUT2D eigenvalue weighted by Crippen LogP contribution is -2.58. The minimum absolute atomic E-state index is 0.211. The Morgan fingerprint density at radius 2 is 0.944 bits per heavy atom. The second-order valence-electron chi connectivity index (χ2n) is 10.5. The first-order valence-corrected chi connectivity index (χ1v) is 14.3. The van der Waals surface area contributed by atoms with E-state index in [-0.39, 0.29) is 24.1 Å². The second-order valence-corrected chi connectivity index (χ2v) is 10.5. The second kappa shape index (κ2) is 20.2. The molecule has 7 heteroatoms. The minimum atomic E-state index is -0.906. The Hall–Kier alpha value is -1.89. The third-order valence-corrected chi connectivity index (χ3v) is 7.51. The van der Waals surface area contributed by atoms with Gasteiger partial charge in [-0.1, -0.05) is 84.8 Å². The molecule has 0 radical (unpaired) electrons. The average Bonchev–Trinajstić information content (AvgIpc) is 2.84. The fraction of sp³-hybridized carbons (Fsp3) is 0.828. The summed E-state index contributed by atoms with van der Waals surface area (Å²) in [4.78, 5) is 35.7. The van der Waals surface area contributed by atoms with Crippen LogP contribution in [0.1, 0.15) is 111 Å². The van der Waals surface area contributed by atoms with Crippen molar-refractivity contribution in [1.82, 2.24) is 0 Å². The molecule has 7 nitrogen and oxygen atoms in total. The Bertz CT molecular complexity index is 588. The molecule has 0 aliphatic rings. The van der Waals surface area contributed by atoms with Gasteiger partial charge in [0, 0.05) is 6.42 Å². The van der Waals surface area contributed by atoms with E-state index in [9.17, 15) is 29.7 Å². The normalized spacial score (nSPS) is 15.9. The van der Waals surface area contributed by atoms with Crippen molar-refractivity contribution < 1.29 is 34.2 Å². The Labute approximate surface area is 219 Å². The minimum Gasteiger partial charge on any atom is -0.481 e. The van der Waals surface area contributed by atoms with Crippen molar-refractivity contribution in [2.45, 2.75) is 111 Å². The molecule has 36 heavy (non-hydrogen) atoms. The van der Waals surface area contributed by atoms with Crippen LogP contribution in [0.4, 0.5) is 0 Å². The van der Waals surface area contributed by atoms with Gasteiger partial charge in [-0.05, 0) is 32.1 Å². The van der Waals surface area contributed by atoms with Crippen molar-refractivity contribution in [2.75, 3.05) is 26.2 Å². The lowest BCUT2D eigenvalue weighted by atomic mass is 9.96. The van der Waals surface area contributed by atoms with Crippen LogP contribution in [0, 0.1) is 17.8 Å². The zero-order valence-electron chi connectivity index (χ0n) is 23.4. The molecule has 0 aromatic carbocycles.